The molecule has 4 nitrogen and oxygen atoms in total. The molecule has 1 amide bonds. The molecule has 21 heavy (non-hydrogen) atoms. The van der Waals surface area contributed by atoms with E-state index < -0.39 is 17.5 Å². The van der Waals surface area contributed by atoms with Gasteiger partial charge in [-0.2, -0.15) is 0 Å². The molecule has 0 aliphatic rings. The Balaban J connectivity index is 2.12. The molecule has 3 N–H and O–H groups in total. The van der Waals surface area contributed by atoms with E-state index in [1.807, 2.05) is 0 Å². The van der Waals surface area contributed by atoms with Crippen molar-refractivity contribution in [3.63, 3.8) is 0 Å². The van der Waals surface area contributed by atoms with Crippen LogP contribution in [0.5, 0.6) is 5.75 Å². The maximum atomic E-state index is 12.9. The molecule has 2 aromatic rings. The van der Waals surface area contributed by atoms with Crippen molar-refractivity contribution in [3.05, 3.63) is 59.4 Å². The lowest BCUT2D eigenvalue weighted by atomic mass is 10.1. The van der Waals surface area contributed by atoms with E-state index >= 15 is 0 Å². The molecule has 0 aliphatic carbocycles. The van der Waals surface area contributed by atoms with E-state index in [2.05, 4.69) is 17.2 Å². The first kappa shape index (κ1) is 14.6. The van der Waals surface area contributed by atoms with Gasteiger partial charge in [-0.3, -0.25) is 4.79 Å². The van der Waals surface area contributed by atoms with Gasteiger partial charge in [0.05, 0.1) is 5.56 Å². The van der Waals surface area contributed by atoms with E-state index in [0.29, 0.717) is 11.3 Å². The number of carbonyl (C=O) groups is 1. The summed E-state index contributed by atoms with van der Waals surface area (Å²) in [5, 5.41) is 20.7. The molecule has 0 fully saturated rings. The zero-order chi connectivity index (χ0) is 15.2. The predicted molar refractivity (Wildman–Crippen MR) is 76.4 cm³/mol. The highest BCUT2D eigenvalue weighted by Crippen LogP contribution is 2.19. The minimum Gasteiger partial charge on any atom is -0.507 e. The Morgan fingerprint density at radius 1 is 1.19 bits per heavy atom. The summed E-state index contributed by atoms with van der Waals surface area (Å²) in [6.45, 7) is -0.220. The van der Waals surface area contributed by atoms with Crippen LogP contribution in [-0.2, 0) is 0 Å². The molecule has 0 aliphatic heterocycles. The van der Waals surface area contributed by atoms with Crippen molar-refractivity contribution in [2.24, 2.45) is 0 Å². The number of phenolic OH excluding ortho intramolecular Hbond substituents is 1. The standard InChI is InChI=1S/C16H12FNO3/c17-12-5-8-14(15(20)10-12)16(21)18-13-6-3-11(4-7-13)2-1-9-19/h3-8,10,19-20H,9H2,(H,18,21). The summed E-state index contributed by atoms with van der Waals surface area (Å²) in [4.78, 5) is 11.9. The first-order valence-corrected chi connectivity index (χ1v) is 6.10. The third-order valence-corrected chi connectivity index (χ3v) is 2.66. The fourth-order valence-electron chi connectivity index (χ4n) is 1.67. The van der Waals surface area contributed by atoms with Crippen molar-refractivity contribution in [2.75, 3.05) is 11.9 Å². The summed E-state index contributed by atoms with van der Waals surface area (Å²) in [5.41, 5.74) is 1.20. The highest BCUT2D eigenvalue weighted by Gasteiger charge is 2.11. The van der Waals surface area contributed by atoms with E-state index in [4.69, 9.17) is 5.11 Å². The monoisotopic (exact) mass is 285 g/mol. The summed E-state index contributed by atoms with van der Waals surface area (Å²) in [5.74, 6) is 3.67. The minimum atomic E-state index is -0.615. The predicted octanol–water partition coefficient (Wildman–Crippen LogP) is 2.13. The second-order valence-electron chi connectivity index (χ2n) is 4.15. The van der Waals surface area contributed by atoms with Crippen molar-refractivity contribution < 1.29 is 19.4 Å². The minimum absolute atomic E-state index is 0.0134. The Hall–Kier alpha value is -2.84. The van der Waals surface area contributed by atoms with Crippen molar-refractivity contribution in [3.8, 4) is 17.6 Å². The van der Waals surface area contributed by atoms with Crippen LogP contribution in [0, 0.1) is 17.7 Å². The van der Waals surface area contributed by atoms with Gasteiger partial charge in [0.25, 0.3) is 5.91 Å². The van der Waals surface area contributed by atoms with Crippen LogP contribution >= 0.6 is 0 Å². The van der Waals surface area contributed by atoms with E-state index in [9.17, 15) is 14.3 Å². The van der Waals surface area contributed by atoms with Gasteiger partial charge in [0.2, 0.25) is 0 Å². The third-order valence-electron chi connectivity index (χ3n) is 2.66. The molecular formula is C16H12FNO3. The van der Waals surface area contributed by atoms with Gasteiger partial charge in [-0.25, -0.2) is 4.39 Å². The van der Waals surface area contributed by atoms with E-state index in [1.54, 1.807) is 24.3 Å². The number of carbonyl (C=O) groups excluding carboxylic acids is 1. The number of nitrogens with one attached hydrogen (secondary N) is 1. The number of aromatic hydroxyl groups is 1. The van der Waals surface area contributed by atoms with Gasteiger partial charge >= 0.3 is 0 Å². The van der Waals surface area contributed by atoms with Crippen molar-refractivity contribution in [1.29, 1.82) is 0 Å². The summed E-state index contributed by atoms with van der Waals surface area (Å²) in [6.07, 6.45) is 0. The molecule has 0 unspecified atom stereocenters. The average molecular weight is 285 g/mol. The second-order valence-corrected chi connectivity index (χ2v) is 4.15. The largest absolute Gasteiger partial charge is 0.507 e. The molecule has 0 spiro atoms. The Bertz CT molecular complexity index is 715. The molecule has 0 aromatic heterocycles. The van der Waals surface area contributed by atoms with Crippen molar-refractivity contribution in [2.45, 2.75) is 0 Å². The second kappa shape index (κ2) is 6.55. The smallest absolute Gasteiger partial charge is 0.259 e. The van der Waals surface area contributed by atoms with Gasteiger partial charge in [0.15, 0.2) is 0 Å². The Morgan fingerprint density at radius 3 is 2.52 bits per heavy atom. The van der Waals surface area contributed by atoms with Crippen molar-refractivity contribution in [1.82, 2.24) is 0 Å². The SMILES string of the molecule is O=C(Nc1ccc(C#CCO)cc1)c1ccc(F)cc1O. The fraction of sp³-hybridized carbons (Fsp3) is 0.0625. The van der Waals surface area contributed by atoms with E-state index in [0.717, 1.165) is 12.1 Å². The Kier molecular flexibility index (Phi) is 4.54. The molecule has 5 heteroatoms. The molecule has 2 rings (SSSR count). The number of aliphatic hydroxyl groups is 1. The number of halogens is 1. The normalized spacial score (nSPS) is 9.62. The molecule has 0 saturated carbocycles. The lowest BCUT2D eigenvalue weighted by Crippen LogP contribution is -2.12. The Labute approximate surface area is 120 Å². The van der Waals surface area contributed by atoms with E-state index in [1.165, 1.54) is 6.07 Å². The van der Waals surface area contributed by atoms with Crippen LogP contribution in [0.25, 0.3) is 0 Å². The lowest BCUT2D eigenvalue weighted by Gasteiger charge is -2.07. The number of aliphatic hydroxyl groups excluding tert-OH is 1. The summed E-state index contributed by atoms with van der Waals surface area (Å²) >= 11 is 0. The molecule has 0 saturated heterocycles. The highest BCUT2D eigenvalue weighted by atomic mass is 19.1. The number of phenols is 1. The zero-order valence-electron chi connectivity index (χ0n) is 10.9. The Morgan fingerprint density at radius 2 is 1.90 bits per heavy atom. The van der Waals surface area contributed by atoms with Gasteiger partial charge in [0.1, 0.15) is 18.2 Å². The van der Waals surface area contributed by atoms with Gasteiger partial charge in [0, 0.05) is 17.3 Å². The van der Waals surface area contributed by atoms with Crippen LogP contribution < -0.4 is 5.32 Å². The molecule has 2 aromatic carbocycles. The topological polar surface area (TPSA) is 69.6 Å². The molecular weight excluding hydrogens is 273 g/mol. The van der Waals surface area contributed by atoms with Crippen LogP contribution in [0.1, 0.15) is 15.9 Å². The lowest BCUT2D eigenvalue weighted by molar-refractivity contribution is 0.102. The fourth-order valence-corrected chi connectivity index (χ4v) is 1.67. The molecule has 0 atom stereocenters. The highest BCUT2D eigenvalue weighted by molar-refractivity contribution is 6.06. The van der Waals surface area contributed by atoms with Crippen LogP contribution in [0.4, 0.5) is 10.1 Å². The molecule has 0 radical (unpaired) electrons. The van der Waals surface area contributed by atoms with Gasteiger partial charge < -0.3 is 15.5 Å². The number of amides is 1. The van der Waals surface area contributed by atoms with Crippen LogP contribution in [0.2, 0.25) is 0 Å². The van der Waals surface area contributed by atoms with E-state index in [-0.39, 0.29) is 12.2 Å². The summed E-state index contributed by atoms with van der Waals surface area (Å²) in [7, 11) is 0. The van der Waals surface area contributed by atoms with Gasteiger partial charge in [-0.05, 0) is 36.4 Å². The first-order chi connectivity index (χ1) is 10.1. The van der Waals surface area contributed by atoms with Crippen LogP contribution in [0.15, 0.2) is 42.5 Å². The van der Waals surface area contributed by atoms with Gasteiger partial charge in [-0.15, -0.1) is 0 Å². The maximum absolute atomic E-state index is 12.9. The number of rotatable bonds is 2. The third kappa shape index (κ3) is 3.81. The summed E-state index contributed by atoms with van der Waals surface area (Å²) in [6, 6.07) is 9.83. The van der Waals surface area contributed by atoms with Crippen LogP contribution in [-0.4, -0.2) is 22.7 Å². The molecule has 106 valence electrons. The number of benzene rings is 2. The van der Waals surface area contributed by atoms with Gasteiger partial charge in [-0.1, -0.05) is 11.8 Å². The number of hydrogen-bond acceptors (Lipinski definition) is 3. The average Bonchev–Trinajstić information content (AvgIpc) is 2.46. The maximum Gasteiger partial charge on any atom is 0.259 e. The molecule has 0 heterocycles. The summed E-state index contributed by atoms with van der Waals surface area (Å²) < 4.78 is 12.9. The number of anilines is 1. The van der Waals surface area contributed by atoms with Crippen LogP contribution in [0.3, 0.4) is 0 Å². The molecule has 0 bridgehead atoms. The van der Waals surface area contributed by atoms with Crippen molar-refractivity contribution >= 4 is 11.6 Å². The number of hydrogen-bond donors (Lipinski definition) is 3. The quantitative estimate of drug-likeness (QED) is 0.740. The first-order valence-electron chi connectivity index (χ1n) is 6.10. The zero-order valence-corrected chi connectivity index (χ0v) is 10.9.